The first-order chi connectivity index (χ1) is 9.00. The number of carboxylic acid groups (broad SMARTS) is 2. The molecule has 1 aromatic carbocycles. The fourth-order valence-corrected chi connectivity index (χ4v) is 2.00. The topological polar surface area (TPSA) is 77.8 Å². The van der Waals surface area contributed by atoms with E-state index in [9.17, 15) is 9.59 Å². The van der Waals surface area contributed by atoms with E-state index >= 15 is 0 Å². The smallest absolute Gasteiger partial charge is 0.304 e. The van der Waals surface area contributed by atoms with Gasteiger partial charge in [0, 0.05) is 19.0 Å². The maximum Gasteiger partial charge on any atom is 0.304 e. The van der Waals surface area contributed by atoms with Gasteiger partial charge in [0.15, 0.2) is 0 Å². The minimum Gasteiger partial charge on any atom is -0.481 e. The predicted molar refractivity (Wildman–Crippen MR) is 70.9 cm³/mol. The van der Waals surface area contributed by atoms with Gasteiger partial charge in [0.25, 0.3) is 0 Å². The molecule has 1 atom stereocenters. The molecule has 0 amide bonds. The van der Waals surface area contributed by atoms with Crippen molar-refractivity contribution in [2.45, 2.75) is 25.3 Å². The first-order valence-corrected chi connectivity index (χ1v) is 6.19. The third-order valence-electron chi connectivity index (χ3n) is 3.03. The lowest BCUT2D eigenvalue weighted by Crippen LogP contribution is -2.27. The second-order valence-corrected chi connectivity index (χ2v) is 4.48. The molecule has 0 bridgehead atoms. The van der Waals surface area contributed by atoms with Crippen LogP contribution in [0.5, 0.6) is 0 Å². The fraction of sp³-hybridized carbons (Fsp3) is 0.429. The van der Waals surface area contributed by atoms with Crippen molar-refractivity contribution in [2.75, 3.05) is 13.6 Å². The lowest BCUT2D eigenvalue weighted by Gasteiger charge is -2.27. The van der Waals surface area contributed by atoms with E-state index in [1.165, 1.54) is 0 Å². The highest BCUT2D eigenvalue weighted by atomic mass is 16.4. The Kier molecular flexibility index (Phi) is 6.02. The van der Waals surface area contributed by atoms with Crippen LogP contribution < -0.4 is 0 Å². The van der Waals surface area contributed by atoms with Gasteiger partial charge in [-0.3, -0.25) is 14.5 Å². The third kappa shape index (κ3) is 5.52. The Labute approximate surface area is 112 Å². The van der Waals surface area contributed by atoms with Crippen LogP contribution in [0.2, 0.25) is 0 Å². The van der Waals surface area contributed by atoms with Gasteiger partial charge in [-0.1, -0.05) is 30.3 Å². The summed E-state index contributed by atoms with van der Waals surface area (Å²) >= 11 is 0. The van der Waals surface area contributed by atoms with Crippen molar-refractivity contribution in [1.82, 2.24) is 4.90 Å². The van der Waals surface area contributed by atoms with Crippen LogP contribution >= 0.6 is 0 Å². The van der Waals surface area contributed by atoms with Crippen LogP contribution in [0.1, 0.15) is 30.9 Å². The van der Waals surface area contributed by atoms with Crippen molar-refractivity contribution >= 4 is 11.9 Å². The van der Waals surface area contributed by atoms with Crippen molar-refractivity contribution in [2.24, 2.45) is 0 Å². The summed E-state index contributed by atoms with van der Waals surface area (Å²) in [6, 6.07) is 9.49. The highest BCUT2D eigenvalue weighted by Crippen LogP contribution is 2.24. The molecule has 5 nitrogen and oxygen atoms in total. The molecule has 1 rings (SSSR count). The van der Waals surface area contributed by atoms with Gasteiger partial charge >= 0.3 is 11.9 Å². The Morgan fingerprint density at radius 3 is 2.21 bits per heavy atom. The molecule has 0 aliphatic rings. The van der Waals surface area contributed by atoms with Gasteiger partial charge < -0.3 is 10.2 Å². The molecule has 104 valence electrons. The van der Waals surface area contributed by atoms with Crippen LogP contribution in [0.25, 0.3) is 0 Å². The summed E-state index contributed by atoms with van der Waals surface area (Å²) in [4.78, 5) is 23.2. The van der Waals surface area contributed by atoms with E-state index in [0.29, 0.717) is 13.0 Å². The van der Waals surface area contributed by atoms with Crippen molar-refractivity contribution in [3.05, 3.63) is 35.9 Å². The molecule has 0 radical (unpaired) electrons. The van der Waals surface area contributed by atoms with E-state index in [2.05, 4.69) is 0 Å². The molecule has 0 aliphatic heterocycles. The first kappa shape index (κ1) is 15.2. The molecule has 0 heterocycles. The van der Waals surface area contributed by atoms with Crippen LogP contribution in [-0.2, 0) is 9.59 Å². The number of hydrogen-bond acceptors (Lipinski definition) is 3. The van der Waals surface area contributed by atoms with Gasteiger partial charge in [-0.15, -0.1) is 0 Å². The predicted octanol–water partition coefficient (Wildman–Crippen LogP) is 2.00. The number of benzene rings is 1. The first-order valence-electron chi connectivity index (χ1n) is 6.19. The van der Waals surface area contributed by atoms with Crippen LogP contribution in [-0.4, -0.2) is 40.6 Å². The molecule has 0 aromatic heterocycles. The van der Waals surface area contributed by atoms with Crippen molar-refractivity contribution in [3.8, 4) is 0 Å². The molecule has 0 saturated carbocycles. The largest absolute Gasteiger partial charge is 0.481 e. The molecule has 1 aromatic rings. The molecule has 0 saturated heterocycles. The van der Waals surface area contributed by atoms with Crippen LogP contribution in [0.3, 0.4) is 0 Å². The van der Waals surface area contributed by atoms with E-state index in [1.807, 2.05) is 42.3 Å². The summed E-state index contributed by atoms with van der Waals surface area (Å²) < 4.78 is 0. The Morgan fingerprint density at radius 2 is 1.68 bits per heavy atom. The number of aliphatic carboxylic acids is 2. The highest BCUT2D eigenvalue weighted by Gasteiger charge is 2.18. The fourth-order valence-electron chi connectivity index (χ4n) is 2.00. The molecule has 1 unspecified atom stereocenters. The Morgan fingerprint density at radius 1 is 1.11 bits per heavy atom. The minimum absolute atomic E-state index is 0.0485. The Hall–Kier alpha value is -1.88. The summed E-state index contributed by atoms with van der Waals surface area (Å²) in [6.45, 7) is 0.397. The third-order valence-corrected chi connectivity index (χ3v) is 3.03. The SMILES string of the molecule is CN(CCC(=O)O)C(CCC(=O)O)c1ccccc1. The maximum absolute atomic E-state index is 10.7. The molecule has 5 heteroatoms. The molecule has 2 N–H and O–H groups in total. The molecule has 19 heavy (non-hydrogen) atoms. The molecular formula is C14H19NO4. The van der Waals surface area contributed by atoms with E-state index in [4.69, 9.17) is 10.2 Å². The summed E-state index contributed by atoms with van der Waals surface area (Å²) in [6.07, 6.45) is 0.583. The van der Waals surface area contributed by atoms with Gasteiger partial charge in [-0.2, -0.15) is 0 Å². The zero-order valence-electron chi connectivity index (χ0n) is 11.0. The van der Waals surface area contributed by atoms with Gasteiger partial charge in [-0.25, -0.2) is 0 Å². The van der Waals surface area contributed by atoms with Crippen LogP contribution in [0.15, 0.2) is 30.3 Å². The van der Waals surface area contributed by atoms with Crippen molar-refractivity contribution in [1.29, 1.82) is 0 Å². The summed E-state index contributed by atoms with van der Waals surface area (Å²) in [5.74, 6) is -1.69. The average Bonchev–Trinajstić information content (AvgIpc) is 2.37. The monoisotopic (exact) mass is 265 g/mol. The second kappa shape index (κ2) is 7.53. The minimum atomic E-state index is -0.850. The standard InChI is InChI=1S/C14H19NO4/c1-15(10-9-14(18)19)12(7-8-13(16)17)11-5-3-2-4-6-11/h2-6,12H,7-10H2,1H3,(H,16,17)(H,18,19). The zero-order valence-corrected chi connectivity index (χ0v) is 11.0. The van der Waals surface area contributed by atoms with Gasteiger partial charge in [0.05, 0.1) is 6.42 Å². The number of nitrogens with zero attached hydrogens (tertiary/aromatic N) is 1. The van der Waals surface area contributed by atoms with E-state index in [1.54, 1.807) is 0 Å². The number of carbonyl (C=O) groups is 2. The van der Waals surface area contributed by atoms with E-state index in [0.717, 1.165) is 5.56 Å². The number of hydrogen-bond donors (Lipinski definition) is 2. The molecule has 0 fully saturated rings. The maximum atomic E-state index is 10.7. The normalized spacial score (nSPS) is 12.3. The van der Waals surface area contributed by atoms with E-state index < -0.39 is 11.9 Å². The van der Waals surface area contributed by atoms with Crippen molar-refractivity contribution < 1.29 is 19.8 Å². The number of rotatable bonds is 8. The molecular weight excluding hydrogens is 246 g/mol. The Balaban J connectivity index is 2.73. The highest BCUT2D eigenvalue weighted by molar-refractivity contribution is 5.67. The summed E-state index contributed by atoms with van der Waals surface area (Å²) in [5.41, 5.74) is 1.01. The summed E-state index contributed by atoms with van der Waals surface area (Å²) in [5, 5.41) is 17.5. The van der Waals surface area contributed by atoms with Crippen LogP contribution in [0.4, 0.5) is 0 Å². The second-order valence-electron chi connectivity index (χ2n) is 4.48. The summed E-state index contributed by atoms with van der Waals surface area (Å²) in [7, 11) is 1.82. The average molecular weight is 265 g/mol. The van der Waals surface area contributed by atoms with E-state index in [-0.39, 0.29) is 18.9 Å². The number of carboxylic acids is 2. The van der Waals surface area contributed by atoms with Crippen molar-refractivity contribution in [3.63, 3.8) is 0 Å². The lowest BCUT2D eigenvalue weighted by molar-refractivity contribution is -0.139. The zero-order chi connectivity index (χ0) is 14.3. The van der Waals surface area contributed by atoms with Gasteiger partial charge in [0.1, 0.15) is 0 Å². The lowest BCUT2D eigenvalue weighted by atomic mass is 10.0. The quantitative estimate of drug-likeness (QED) is 0.751. The Bertz CT molecular complexity index is 419. The van der Waals surface area contributed by atoms with Gasteiger partial charge in [0.2, 0.25) is 0 Å². The van der Waals surface area contributed by atoms with Crippen LogP contribution in [0, 0.1) is 0 Å². The van der Waals surface area contributed by atoms with Gasteiger partial charge in [-0.05, 0) is 19.0 Å². The molecule has 0 spiro atoms. The molecule has 0 aliphatic carbocycles.